The Labute approximate surface area is 134 Å². The molecule has 3 rings (SSSR count). The normalized spacial score (nSPS) is 40.7. The van der Waals surface area contributed by atoms with E-state index in [1.54, 1.807) is 0 Å². The van der Waals surface area contributed by atoms with Crippen LogP contribution in [0.25, 0.3) is 0 Å². The number of ether oxygens (including phenoxy) is 1. The minimum atomic E-state index is -3.72. The van der Waals surface area contributed by atoms with Crippen LogP contribution in [0.5, 0.6) is 0 Å². The summed E-state index contributed by atoms with van der Waals surface area (Å²) in [5, 5.41) is 0.679. The van der Waals surface area contributed by atoms with Gasteiger partial charge in [0, 0.05) is 11.8 Å². The molecule has 0 N–H and O–H groups in total. The van der Waals surface area contributed by atoms with Crippen molar-refractivity contribution in [1.29, 1.82) is 0 Å². The van der Waals surface area contributed by atoms with Gasteiger partial charge in [-0.05, 0) is 24.2 Å². The molecule has 3 fully saturated rings. The molecule has 3 aliphatic rings. The lowest BCUT2D eigenvalue weighted by Crippen LogP contribution is -2.42. The van der Waals surface area contributed by atoms with E-state index in [2.05, 4.69) is 15.9 Å². The van der Waals surface area contributed by atoms with Gasteiger partial charge in [0.05, 0.1) is 23.9 Å². The molecule has 0 aromatic heterocycles. The minimum absolute atomic E-state index is 0.0405. The predicted molar refractivity (Wildman–Crippen MR) is 80.8 cm³/mol. The Morgan fingerprint density at radius 1 is 1.38 bits per heavy atom. The quantitative estimate of drug-likeness (QED) is 0.399. The zero-order valence-electron chi connectivity index (χ0n) is 12.3. The number of rotatable bonds is 6. The SMILES string of the molecule is CC1(C)C2CCC1(CS(=O)(=O)OC[C@H]1O[C@H]1CBr)C(=O)C2. The van der Waals surface area contributed by atoms with Crippen molar-refractivity contribution in [2.24, 2.45) is 16.7 Å². The predicted octanol–water partition coefficient (Wildman–Crippen LogP) is 1.89. The number of hydrogen-bond donors (Lipinski definition) is 0. The molecule has 1 heterocycles. The topological polar surface area (TPSA) is 73.0 Å². The summed E-state index contributed by atoms with van der Waals surface area (Å²) < 4.78 is 34.9. The first-order chi connectivity index (χ1) is 9.72. The second kappa shape index (κ2) is 5.01. The number of Topliss-reactive ketones (excluding diaryl/α,β-unsaturated/α-hetero) is 1. The highest BCUT2D eigenvalue weighted by Gasteiger charge is 2.65. The second-order valence-electron chi connectivity index (χ2n) is 7.02. The summed E-state index contributed by atoms with van der Waals surface area (Å²) in [6.45, 7) is 4.10. The first-order valence-corrected chi connectivity index (χ1v) is 10.0. The van der Waals surface area contributed by atoms with E-state index in [0.717, 1.165) is 6.42 Å². The Morgan fingerprint density at radius 3 is 2.57 bits per heavy atom. The van der Waals surface area contributed by atoms with Gasteiger partial charge in [-0.1, -0.05) is 29.8 Å². The molecule has 4 atom stereocenters. The molecule has 1 aliphatic heterocycles. The first-order valence-electron chi connectivity index (χ1n) is 7.34. The van der Waals surface area contributed by atoms with Crippen LogP contribution in [-0.4, -0.2) is 44.1 Å². The molecule has 0 aromatic carbocycles. The molecular weight excluding hydrogens is 360 g/mol. The maximum Gasteiger partial charge on any atom is 0.268 e. The number of halogens is 1. The average molecular weight is 381 g/mol. The van der Waals surface area contributed by atoms with Crippen LogP contribution in [0, 0.1) is 16.7 Å². The van der Waals surface area contributed by atoms with Crippen molar-refractivity contribution in [1.82, 2.24) is 0 Å². The first kappa shape index (κ1) is 15.9. The molecule has 7 heteroatoms. The van der Waals surface area contributed by atoms with E-state index in [1.807, 2.05) is 13.8 Å². The van der Waals surface area contributed by atoms with E-state index in [-0.39, 0.29) is 35.8 Å². The number of hydrogen-bond acceptors (Lipinski definition) is 5. The van der Waals surface area contributed by atoms with Crippen LogP contribution in [0.2, 0.25) is 0 Å². The van der Waals surface area contributed by atoms with Crippen LogP contribution in [0.3, 0.4) is 0 Å². The van der Waals surface area contributed by atoms with Gasteiger partial charge in [-0.25, -0.2) is 0 Å². The van der Waals surface area contributed by atoms with E-state index in [0.29, 0.717) is 24.1 Å². The lowest BCUT2D eigenvalue weighted by Gasteiger charge is -2.35. The Bertz CT molecular complexity index is 558. The highest BCUT2D eigenvalue weighted by Crippen LogP contribution is 2.64. The van der Waals surface area contributed by atoms with Crippen molar-refractivity contribution in [3.63, 3.8) is 0 Å². The van der Waals surface area contributed by atoms with Crippen molar-refractivity contribution in [2.45, 2.75) is 45.3 Å². The van der Waals surface area contributed by atoms with Gasteiger partial charge in [0.15, 0.2) is 0 Å². The minimum Gasteiger partial charge on any atom is -0.366 e. The van der Waals surface area contributed by atoms with Gasteiger partial charge in [-0.2, -0.15) is 8.42 Å². The monoisotopic (exact) mass is 380 g/mol. The zero-order chi connectivity index (χ0) is 15.5. The number of ketones is 1. The summed E-state index contributed by atoms with van der Waals surface area (Å²) in [6.07, 6.45) is 2.00. The van der Waals surface area contributed by atoms with E-state index < -0.39 is 15.5 Å². The molecule has 2 bridgehead atoms. The highest BCUT2D eigenvalue weighted by molar-refractivity contribution is 9.09. The molecule has 2 unspecified atom stereocenters. The maximum absolute atomic E-state index is 12.3. The third-order valence-corrected chi connectivity index (χ3v) is 7.79. The molecule has 0 amide bonds. The third kappa shape index (κ3) is 2.50. The van der Waals surface area contributed by atoms with E-state index in [9.17, 15) is 13.2 Å². The van der Waals surface area contributed by atoms with Crippen molar-refractivity contribution >= 4 is 31.8 Å². The number of alkyl halides is 1. The summed E-state index contributed by atoms with van der Waals surface area (Å²) in [6, 6.07) is 0. The van der Waals surface area contributed by atoms with Gasteiger partial charge >= 0.3 is 0 Å². The molecule has 2 aliphatic carbocycles. The van der Waals surface area contributed by atoms with Gasteiger partial charge < -0.3 is 4.74 Å². The fraction of sp³-hybridized carbons (Fsp3) is 0.929. The number of carbonyl (C=O) groups is 1. The number of epoxide rings is 1. The van der Waals surface area contributed by atoms with E-state index in [4.69, 9.17) is 8.92 Å². The molecule has 0 radical (unpaired) electrons. The van der Waals surface area contributed by atoms with Gasteiger partial charge in [0.2, 0.25) is 0 Å². The summed E-state index contributed by atoms with van der Waals surface area (Å²) in [7, 11) is -3.72. The fourth-order valence-corrected chi connectivity index (χ4v) is 6.36. The van der Waals surface area contributed by atoms with Crippen LogP contribution in [0.1, 0.15) is 33.1 Å². The lowest BCUT2D eigenvalue weighted by atomic mass is 9.70. The van der Waals surface area contributed by atoms with E-state index >= 15 is 0 Å². The fourth-order valence-electron chi connectivity index (χ4n) is 4.08. The largest absolute Gasteiger partial charge is 0.366 e. The standard InChI is InChI=1S/C14H21BrO5S/c1-13(2)9-3-4-14(13,12(16)5-9)8-21(17,18)19-7-11-10(6-15)20-11/h9-11H,3-8H2,1-2H3/t9?,10-,11+,14?/m0/s1. The Kier molecular flexibility index (Phi) is 3.79. The lowest BCUT2D eigenvalue weighted by molar-refractivity contribution is -0.128. The highest BCUT2D eigenvalue weighted by atomic mass is 79.9. The van der Waals surface area contributed by atoms with E-state index in [1.165, 1.54) is 0 Å². The van der Waals surface area contributed by atoms with Crippen LogP contribution < -0.4 is 0 Å². The zero-order valence-corrected chi connectivity index (χ0v) is 14.7. The molecule has 0 spiro atoms. The van der Waals surface area contributed by atoms with Gasteiger partial charge in [0.25, 0.3) is 10.1 Å². The molecule has 2 saturated carbocycles. The van der Waals surface area contributed by atoms with Crippen LogP contribution >= 0.6 is 15.9 Å². The maximum atomic E-state index is 12.3. The van der Waals surface area contributed by atoms with Crippen LogP contribution in [0.4, 0.5) is 0 Å². The third-order valence-electron chi connectivity index (χ3n) is 5.81. The number of fused-ring (bicyclic) bond motifs is 2. The molecule has 5 nitrogen and oxygen atoms in total. The van der Waals surface area contributed by atoms with Crippen LogP contribution in [0.15, 0.2) is 0 Å². The molecular formula is C14H21BrO5S. The second-order valence-corrected chi connectivity index (χ2v) is 9.31. The Balaban J connectivity index is 1.68. The van der Waals surface area contributed by atoms with Gasteiger partial charge in [0.1, 0.15) is 11.9 Å². The molecule has 120 valence electrons. The van der Waals surface area contributed by atoms with Crippen molar-refractivity contribution < 1.29 is 22.1 Å². The van der Waals surface area contributed by atoms with Crippen molar-refractivity contribution in [3.05, 3.63) is 0 Å². The van der Waals surface area contributed by atoms with Gasteiger partial charge in [-0.3, -0.25) is 8.98 Å². The summed E-state index contributed by atoms with van der Waals surface area (Å²) >= 11 is 3.28. The van der Waals surface area contributed by atoms with Crippen LogP contribution in [-0.2, 0) is 23.8 Å². The summed E-state index contributed by atoms with van der Waals surface area (Å²) in [5.74, 6) is 0.218. The Morgan fingerprint density at radius 2 is 2.10 bits per heavy atom. The summed E-state index contributed by atoms with van der Waals surface area (Å²) in [4.78, 5) is 12.3. The van der Waals surface area contributed by atoms with Gasteiger partial charge in [-0.15, -0.1) is 0 Å². The summed E-state index contributed by atoms with van der Waals surface area (Å²) in [5.41, 5.74) is -1.01. The molecule has 0 aromatic rings. The van der Waals surface area contributed by atoms with Crippen molar-refractivity contribution in [2.75, 3.05) is 17.7 Å². The average Bonchev–Trinajstić information content (AvgIpc) is 3.09. The molecule has 1 saturated heterocycles. The number of carbonyl (C=O) groups excluding carboxylic acids is 1. The molecule has 21 heavy (non-hydrogen) atoms. The Hall–Kier alpha value is 0.0200. The van der Waals surface area contributed by atoms with Crippen molar-refractivity contribution in [3.8, 4) is 0 Å². The smallest absolute Gasteiger partial charge is 0.268 e.